The van der Waals surface area contributed by atoms with E-state index in [1.165, 1.54) is 64.2 Å². The second kappa shape index (κ2) is 6.63. The SMILES string of the molecule is CCC1(C2(C3CCCCC3)CCCCC2C)CCCCC1. The molecular weight excluding hydrogens is 252 g/mol. The minimum absolute atomic E-state index is 0.715. The van der Waals surface area contributed by atoms with Crippen molar-refractivity contribution in [2.75, 3.05) is 0 Å². The molecule has 0 aromatic carbocycles. The molecule has 0 heteroatoms. The van der Waals surface area contributed by atoms with Gasteiger partial charge in [-0.2, -0.15) is 0 Å². The molecule has 0 heterocycles. The Bertz CT molecular complexity index is 319. The Hall–Kier alpha value is 0. The molecule has 0 saturated heterocycles. The van der Waals surface area contributed by atoms with E-state index in [2.05, 4.69) is 13.8 Å². The Kier molecular flexibility index (Phi) is 5.01. The van der Waals surface area contributed by atoms with Crippen molar-refractivity contribution in [3.8, 4) is 0 Å². The van der Waals surface area contributed by atoms with Crippen LogP contribution < -0.4 is 0 Å². The quantitative estimate of drug-likeness (QED) is 0.519. The molecule has 0 amide bonds. The van der Waals surface area contributed by atoms with Crippen LogP contribution in [0.1, 0.15) is 110 Å². The smallest absolute Gasteiger partial charge is 0.0187 e. The van der Waals surface area contributed by atoms with E-state index < -0.39 is 0 Å². The Morgan fingerprint density at radius 2 is 1.29 bits per heavy atom. The minimum Gasteiger partial charge on any atom is -0.0648 e. The molecule has 21 heavy (non-hydrogen) atoms. The van der Waals surface area contributed by atoms with Crippen LogP contribution in [0, 0.1) is 22.7 Å². The molecule has 0 spiro atoms. The number of hydrogen-bond donors (Lipinski definition) is 0. The van der Waals surface area contributed by atoms with E-state index in [0.29, 0.717) is 5.41 Å². The lowest BCUT2D eigenvalue weighted by molar-refractivity contribution is -0.128. The monoisotopic (exact) mass is 290 g/mol. The normalized spacial score (nSPS) is 38.3. The summed E-state index contributed by atoms with van der Waals surface area (Å²) in [6.07, 6.45) is 23.0. The Morgan fingerprint density at radius 3 is 1.90 bits per heavy atom. The molecule has 0 aliphatic heterocycles. The molecule has 0 aromatic heterocycles. The predicted octanol–water partition coefficient (Wildman–Crippen LogP) is 7.12. The van der Waals surface area contributed by atoms with Crippen LogP contribution in [0.3, 0.4) is 0 Å². The lowest BCUT2D eigenvalue weighted by Crippen LogP contribution is -2.53. The molecule has 3 rings (SSSR count). The van der Waals surface area contributed by atoms with Gasteiger partial charge in [0, 0.05) is 0 Å². The third-order valence-electron chi connectivity index (χ3n) is 8.17. The zero-order valence-electron chi connectivity index (χ0n) is 14.8. The number of hydrogen-bond acceptors (Lipinski definition) is 0. The molecule has 0 radical (unpaired) electrons. The molecule has 3 saturated carbocycles. The molecule has 0 N–H and O–H groups in total. The lowest BCUT2D eigenvalue weighted by atomic mass is 9.43. The highest BCUT2D eigenvalue weighted by atomic mass is 14.6. The second-order valence-corrected chi connectivity index (χ2v) is 8.72. The van der Waals surface area contributed by atoms with Crippen molar-refractivity contribution in [2.24, 2.45) is 22.7 Å². The highest BCUT2D eigenvalue weighted by molar-refractivity contribution is 5.06. The summed E-state index contributed by atoms with van der Waals surface area (Å²) in [6.45, 7) is 5.19. The van der Waals surface area contributed by atoms with E-state index in [0.717, 1.165) is 17.3 Å². The Labute approximate surface area is 133 Å². The first-order valence-electron chi connectivity index (χ1n) is 10.3. The summed E-state index contributed by atoms with van der Waals surface area (Å²) >= 11 is 0. The predicted molar refractivity (Wildman–Crippen MR) is 92.4 cm³/mol. The van der Waals surface area contributed by atoms with Crippen LogP contribution in [0.4, 0.5) is 0 Å². The average Bonchev–Trinajstić information content (AvgIpc) is 2.57. The van der Waals surface area contributed by atoms with E-state index >= 15 is 0 Å². The third kappa shape index (κ3) is 2.59. The topological polar surface area (TPSA) is 0 Å². The zero-order chi connectivity index (χ0) is 14.8. The summed E-state index contributed by atoms with van der Waals surface area (Å²) in [4.78, 5) is 0. The molecule has 0 bridgehead atoms. The highest BCUT2D eigenvalue weighted by Crippen LogP contribution is 2.66. The van der Waals surface area contributed by atoms with Crippen molar-refractivity contribution in [2.45, 2.75) is 110 Å². The van der Waals surface area contributed by atoms with Crippen LogP contribution >= 0.6 is 0 Å². The highest BCUT2D eigenvalue weighted by Gasteiger charge is 2.56. The summed E-state index contributed by atoms with van der Waals surface area (Å²) < 4.78 is 0. The first-order valence-corrected chi connectivity index (χ1v) is 10.3. The zero-order valence-corrected chi connectivity index (χ0v) is 14.8. The summed E-state index contributed by atoms with van der Waals surface area (Å²) in [5.41, 5.74) is 1.44. The summed E-state index contributed by atoms with van der Waals surface area (Å²) in [5, 5.41) is 0. The first-order chi connectivity index (χ1) is 10.3. The van der Waals surface area contributed by atoms with Crippen molar-refractivity contribution in [1.29, 1.82) is 0 Å². The van der Waals surface area contributed by atoms with E-state index in [-0.39, 0.29) is 0 Å². The fourth-order valence-electron chi connectivity index (χ4n) is 7.19. The van der Waals surface area contributed by atoms with Crippen molar-refractivity contribution < 1.29 is 0 Å². The molecule has 2 atom stereocenters. The van der Waals surface area contributed by atoms with Gasteiger partial charge in [0.05, 0.1) is 0 Å². The van der Waals surface area contributed by atoms with Gasteiger partial charge < -0.3 is 0 Å². The molecular formula is C21H38. The summed E-state index contributed by atoms with van der Waals surface area (Å²) in [6, 6.07) is 0. The van der Waals surface area contributed by atoms with Gasteiger partial charge in [0.2, 0.25) is 0 Å². The molecule has 122 valence electrons. The van der Waals surface area contributed by atoms with Gasteiger partial charge in [-0.3, -0.25) is 0 Å². The molecule has 0 nitrogen and oxygen atoms in total. The lowest BCUT2D eigenvalue weighted by Gasteiger charge is -2.62. The van der Waals surface area contributed by atoms with Gasteiger partial charge in [-0.25, -0.2) is 0 Å². The average molecular weight is 291 g/mol. The largest absolute Gasteiger partial charge is 0.0648 e. The van der Waals surface area contributed by atoms with Gasteiger partial charge in [0.25, 0.3) is 0 Å². The Morgan fingerprint density at radius 1 is 0.714 bits per heavy atom. The van der Waals surface area contributed by atoms with Gasteiger partial charge in [0.1, 0.15) is 0 Å². The standard InChI is InChI=1S/C21H38/c1-3-20(15-9-5-10-16-20)21(17-11-8-12-18(21)2)19-13-6-4-7-14-19/h18-19H,3-17H2,1-2H3. The fourth-order valence-corrected chi connectivity index (χ4v) is 7.19. The summed E-state index contributed by atoms with van der Waals surface area (Å²) in [7, 11) is 0. The fraction of sp³-hybridized carbons (Fsp3) is 1.00. The van der Waals surface area contributed by atoms with Gasteiger partial charge in [-0.1, -0.05) is 71.6 Å². The van der Waals surface area contributed by atoms with Gasteiger partial charge in [-0.15, -0.1) is 0 Å². The molecule has 0 aromatic rings. The van der Waals surface area contributed by atoms with Crippen LogP contribution in [-0.4, -0.2) is 0 Å². The van der Waals surface area contributed by atoms with Gasteiger partial charge in [-0.05, 0) is 61.2 Å². The van der Waals surface area contributed by atoms with E-state index in [1.54, 1.807) is 32.1 Å². The van der Waals surface area contributed by atoms with Crippen LogP contribution in [0.2, 0.25) is 0 Å². The second-order valence-electron chi connectivity index (χ2n) is 8.72. The maximum atomic E-state index is 2.65. The van der Waals surface area contributed by atoms with Crippen molar-refractivity contribution >= 4 is 0 Å². The Balaban J connectivity index is 1.97. The molecule has 2 unspecified atom stereocenters. The van der Waals surface area contributed by atoms with Gasteiger partial charge >= 0.3 is 0 Å². The van der Waals surface area contributed by atoms with E-state index in [1.807, 2.05) is 0 Å². The van der Waals surface area contributed by atoms with Crippen molar-refractivity contribution in [1.82, 2.24) is 0 Å². The summed E-state index contributed by atoms with van der Waals surface area (Å²) in [5.74, 6) is 2.06. The van der Waals surface area contributed by atoms with Crippen molar-refractivity contribution in [3.63, 3.8) is 0 Å². The third-order valence-corrected chi connectivity index (χ3v) is 8.17. The van der Waals surface area contributed by atoms with Gasteiger partial charge in [0.15, 0.2) is 0 Å². The maximum Gasteiger partial charge on any atom is -0.0187 e. The van der Waals surface area contributed by atoms with Crippen LogP contribution in [0.25, 0.3) is 0 Å². The number of rotatable bonds is 3. The van der Waals surface area contributed by atoms with Crippen LogP contribution in [0.15, 0.2) is 0 Å². The molecule has 3 aliphatic carbocycles. The van der Waals surface area contributed by atoms with Crippen LogP contribution in [0.5, 0.6) is 0 Å². The van der Waals surface area contributed by atoms with Crippen LogP contribution in [-0.2, 0) is 0 Å². The molecule has 3 aliphatic rings. The molecule has 3 fully saturated rings. The maximum absolute atomic E-state index is 2.65. The minimum atomic E-state index is 0.715. The van der Waals surface area contributed by atoms with E-state index in [4.69, 9.17) is 0 Å². The van der Waals surface area contributed by atoms with E-state index in [9.17, 15) is 0 Å². The van der Waals surface area contributed by atoms with Crippen molar-refractivity contribution in [3.05, 3.63) is 0 Å². The first kappa shape index (κ1) is 15.9.